The van der Waals surface area contributed by atoms with Gasteiger partial charge in [-0.3, -0.25) is 0 Å². The molecule has 2 aromatic carbocycles. The van der Waals surface area contributed by atoms with Crippen molar-refractivity contribution in [2.45, 2.75) is 79.6 Å². The zero-order valence-electron chi connectivity index (χ0n) is 17.4. The molecule has 0 atom stereocenters. The van der Waals surface area contributed by atoms with E-state index in [2.05, 4.69) is 86.6 Å². The molecule has 0 aliphatic carbocycles. The summed E-state index contributed by atoms with van der Waals surface area (Å²) in [4.78, 5) is 0. The second kappa shape index (κ2) is 6.80. The molecule has 2 aromatic rings. The number of aryl methyl sites for hydroxylation is 2. The number of hydrogen-bond donors (Lipinski definition) is 0. The summed E-state index contributed by atoms with van der Waals surface area (Å²) in [5.74, 6) is 0. The Hall–Kier alpha value is -1.27. The van der Waals surface area contributed by atoms with Gasteiger partial charge in [-0.2, -0.15) is 0 Å². The Morgan fingerprint density at radius 2 is 1.12 bits per heavy atom. The van der Waals surface area contributed by atoms with Gasteiger partial charge in [-0.15, -0.1) is 0 Å². The highest BCUT2D eigenvalue weighted by atomic mass is 35.5. The van der Waals surface area contributed by atoms with Gasteiger partial charge in [-0.1, -0.05) is 88.5 Å². The van der Waals surface area contributed by atoms with Gasteiger partial charge in [0.15, 0.2) is 0 Å². The number of rotatable bonds is 2. The van der Waals surface area contributed by atoms with Crippen LogP contribution in [-0.4, -0.2) is 0 Å². The Morgan fingerprint density at radius 1 is 0.680 bits per heavy atom. The fourth-order valence-corrected chi connectivity index (χ4v) is 4.08. The fraction of sp³-hybridized carbons (Fsp3) is 0.500. The van der Waals surface area contributed by atoms with Gasteiger partial charge in [-0.25, -0.2) is 0 Å². The third-order valence-electron chi connectivity index (χ3n) is 4.95. The normalized spacial score (nSPS) is 12.6. The lowest BCUT2D eigenvalue weighted by molar-refractivity contribution is 0.584. The summed E-state index contributed by atoms with van der Waals surface area (Å²) in [5, 5.41) is 0.927. The fourth-order valence-electron chi connectivity index (χ4n) is 3.62. The number of benzene rings is 2. The molecule has 0 radical (unpaired) electrons. The van der Waals surface area contributed by atoms with Crippen LogP contribution in [0.15, 0.2) is 24.3 Å². The number of hydrogen-bond acceptors (Lipinski definition) is 0. The summed E-state index contributed by atoms with van der Waals surface area (Å²) < 4.78 is 0. The SMILES string of the molecule is Cc1cc(Cc2cc(C)cc(C(C)(C)C)c2Cl)c(C)c(C(C)(C)C)c1. The van der Waals surface area contributed by atoms with E-state index in [0.29, 0.717) is 0 Å². The van der Waals surface area contributed by atoms with Crippen molar-refractivity contribution in [3.8, 4) is 0 Å². The van der Waals surface area contributed by atoms with Gasteiger partial charge < -0.3 is 0 Å². The lowest BCUT2D eigenvalue weighted by Gasteiger charge is -2.26. The Balaban J connectivity index is 2.58. The predicted octanol–water partition coefficient (Wildman–Crippen LogP) is 7.45. The van der Waals surface area contributed by atoms with Crippen molar-refractivity contribution >= 4 is 11.6 Å². The van der Waals surface area contributed by atoms with Gasteiger partial charge in [0.1, 0.15) is 0 Å². The molecule has 0 fully saturated rings. The molecular weight excluding hydrogens is 324 g/mol. The Morgan fingerprint density at radius 3 is 1.60 bits per heavy atom. The van der Waals surface area contributed by atoms with Crippen molar-refractivity contribution in [3.63, 3.8) is 0 Å². The predicted molar refractivity (Wildman–Crippen MR) is 112 cm³/mol. The molecule has 0 unspecified atom stereocenters. The van der Waals surface area contributed by atoms with Gasteiger partial charge in [0.25, 0.3) is 0 Å². The summed E-state index contributed by atoms with van der Waals surface area (Å²) in [6.45, 7) is 20.2. The van der Waals surface area contributed by atoms with Gasteiger partial charge in [-0.05, 0) is 65.8 Å². The van der Waals surface area contributed by atoms with Crippen molar-refractivity contribution < 1.29 is 0 Å². The Kier molecular flexibility index (Phi) is 5.45. The van der Waals surface area contributed by atoms with Crippen LogP contribution in [0.1, 0.15) is 80.5 Å². The quantitative estimate of drug-likeness (QED) is 0.524. The maximum Gasteiger partial charge on any atom is 0.0478 e. The summed E-state index contributed by atoms with van der Waals surface area (Å²) in [6, 6.07) is 9.13. The zero-order valence-corrected chi connectivity index (χ0v) is 18.2. The van der Waals surface area contributed by atoms with Crippen LogP contribution in [0, 0.1) is 20.8 Å². The lowest BCUT2D eigenvalue weighted by Crippen LogP contribution is -2.15. The van der Waals surface area contributed by atoms with Crippen LogP contribution in [-0.2, 0) is 17.3 Å². The van der Waals surface area contributed by atoms with Crippen LogP contribution in [0.5, 0.6) is 0 Å². The van der Waals surface area contributed by atoms with E-state index >= 15 is 0 Å². The molecule has 0 spiro atoms. The minimum atomic E-state index is 0.0517. The highest BCUT2D eigenvalue weighted by Crippen LogP contribution is 2.36. The third-order valence-corrected chi connectivity index (χ3v) is 5.40. The molecule has 0 saturated carbocycles. The Labute approximate surface area is 159 Å². The molecule has 0 amide bonds. The van der Waals surface area contributed by atoms with Crippen LogP contribution in [0.4, 0.5) is 0 Å². The maximum absolute atomic E-state index is 6.84. The summed E-state index contributed by atoms with van der Waals surface area (Å²) in [7, 11) is 0. The van der Waals surface area contributed by atoms with E-state index in [1.54, 1.807) is 0 Å². The average molecular weight is 357 g/mol. The summed E-state index contributed by atoms with van der Waals surface area (Å²) in [5.41, 5.74) is 9.50. The molecule has 0 saturated heterocycles. The maximum atomic E-state index is 6.84. The van der Waals surface area contributed by atoms with Crippen molar-refractivity contribution in [2.75, 3.05) is 0 Å². The molecule has 2 rings (SSSR count). The monoisotopic (exact) mass is 356 g/mol. The first kappa shape index (κ1) is 20.0. The minimum Gasteiger partial charge on any atom is -0.0837 e. The smallest absolute Gasteiger partial charge is 0.0478 e. The van der Waals surface area contributed by atoms with Crippen LogP contribution in [0.2, 0.25) is 5.02 Å². The van der Waals surface area contributed by atoms with E-state index in [1.807, 2.05) is 0 Å². The van der Waals surface area contributed by atoms with Crippen molar-refractivity contribution in [2.24, 2.45) is 0 Å². The standard InChI is InChI=1S/C24H33Cl/c1-15-10-18(17(3)20(12-15)23(4,5)6)14-19-11-16(2)13-21(22(19)25)24(7,8)9/h10-13H,14H2,1-9H3. The molecule has 0 aliphatic heterocycles. The van der Waals surface area contributed by atoms with Crippen molar-refractivity contribution in [1.29, 1.82) is 0 Å². The Bertz CT molecular complexity index is 716. The summed E-state index contributed by atoms with van der Waals surface area (Å²) >= 11 is 6.84. The lowest BCUT2D eigenvalue weighted by atomic mass is 9.80. The van der Waals surface area contributed by atoms with Crippen LogP contribution >= 0.6 is 11.6 Å². The zero-order chi connectivity index (χ0) is 19.2. The topological polar surface area (TPSA) is 0 Å². The van der Waals surface area contributed by atoms with Crippen LogP contribution in [0.3, 0.4) is 0 Å². The second-order valence-electron chi connectivity index (χ2n) is 9.56. The third kappa shape index (κ3) is 4.47. The van der Waals surface area contributed by atoms with Crippen molar-refractivity contribution in [3.05, 3.63) is 68.2 Å². The molecule has 0 heterocycles. The first-order chi connectivity index (χ1) is 11.3. The molecule has 1 heteroatoms. The van der Waals surface area contributed by atoms with E-state index in [1.165, 1.54) is 38.9 Å². The van der Waals surface area contributed by atoms with E-state index in [4.69, 9.17) is 11.6 Å². The van der Waals surface area contributed by atoms with E-state index in [-0.39, 0.29) is 10.8 Å². The van der Waals surface area contributed by atoms with Gasteiger partial charge >= 0.3 is 0 Å². The molecule has 0 bridgehead atoms. The molecule has 0 nitrogen and oxygen atoms in total. The van der Waals surface area contributed by atoms with Gasteiger partial charge in [0.05, 0.1) is 0 Å². The molecule has 0 aromatic heterocycles. The van der Waals surface area contributed by atoms with Gasteiger partial charge in [0, 0.05) is 5.02 Å². The minimum absolute atomic E-state index is 0.0517. The second-order valence-corrected chi connectivity index (χ2v) is 9.94. The van der Waals surface area contributed by atoms with Gasteiger partial charge in [0.2, 0.25) is 0 Å². The van der Waals surface area contributed by atoms with E-state index in [0.717, 1.165) is 11.4 Å². The van der Waals surface area contributed by atoms with E-state index < -0.39 is 0 Å². The first-order valence-electron chi connectivity index (χ1n) is 9.21. The molecule has 0 aliphatic rings. The molecule has 0 N–H and O–H groups in total. The van der Waals surface area contributed by atoms with E-state index in [9.17, 15) is 0 Å². The largest absolute Gasteiger partial charge is 0.0837 e. The first-order valence-corrected chi connectivity index (χ1v) is 9.58. The van der Waals surface area contributed by atoms with Crippen LogP contribution < -0.4 is 0 Å². The summed E-state index contributed by atoms with van der Waals surface area (Å²) in [6.07, 6.45) is 0.889. The molecule has 136 valence electrons. The average Bonchev–Trinajstić information content (AvgIpc) is 2.43. The number of halogens is 1. The highest BCUT2D eigenvalue weighted by Gasteiger charge is 2.22. The highest BCUT2D eigenvalue weighted by molar-refractivity contribution is 6.32. The molecular formula is C24H33Cl. The van der Waals surface area contributed by atoms with Crippen molar-refractivity contribution in [1.82, 2.24) is 0 Å². The van der Waals surface area contributed by atoms with Crippen LogP contribution in [0.25, 0.3) is 0 Å². The molecule has 25 heavy (non-hydrogen) atoms.